The number of hydrogen-bond acceptors (Lipinski definition) is 1. The van der Waals surface area contributed by atoms with Gasteiger partial charge in [0, 0.05) is 0 Å². The molecule has 4 aliphatic rings. The molecule has 1 nitrogen and oxygen atoms in total. The molecule has 31 heavy (non-hydrogen) atoms. The van der Waals surface area contributed by atoms with Crippen molar-refractivity contribution >= 4 is 0 Å². The van der Waals surface area contributed by atoms with Gasteiger partial charge in [-0.15, -0.1) is 0 Å². The molecule has 0 heterocycles. The Kier molecular flexibility index (Phi) is 7.15. The van der Waals surface area contributed by atoms with E-state index in [0.29, 0.717) is 5.41 Å². The number of nitriles is 1. The second kappa shape index (κ2) is 9.68. The molecular formula is C30H45N. The van der Waals surface area contributed by atoms with E-state index in [1.165, 1.54) is 56.9 Å². The van der Waals surface area contributed by atoms with Crippen LogP contribution in [0.15, 0.2) is 24.3 Å². The molecular weight excluding hydrogens is 374 g/mol. The number of benzene rings is 1. The van der Waals surface area contributed by atoms with Gasteiger partial charge in [0.05, 0.1) is 11.6 Å². The Hall–Kier alpha value is -1.29. The molecule has 0 aromatic heterocycles. The molecule has 5 rings (SSSR count). The van der Waals surface area contributed by atoms with Gasteiger partial charge in [-0.2, -0.15) is 5.26 Å². The summed E-state index contributed by atoms with van der Waals surface area (Å²) in [5.41, 5.74) is 2.80. The lowest BCUT2D eigenvalue weighted by molar-refractivity contribution is -0.0677. The predicted octanol–water partition coefficient (Wildman–Crippen LogP) is 8.42. The first-order valence-electron chi connectivity index (χ1n) is 13.6. The highest BCUT2D eigenvalue weighted by atomic mass is 14.6. The van der Waals surface area contributed by atoms with Crippen LogP contribution in [0.1, 0.15) is 103 Å². The molecule has 1 aromatic rings. The third kappa shape index (κ3) is 4.34. The topological polar surface area (TPSA) is 23.8 Å². The maximum absolute atomic E-state index is 9.02. The first-order chi connectivity index (χ1) is 15.1. The molecule has 1 aromatic carbocycles. The molecule has 4 fully saturated rings. The van der Waals surface area contributed by atoms with Crippen LogP contribution < -0.4 is 0 Å². The number of fused-ring (bicyclic) bond motifs is 5. The van der Waals surface area contributed by atoms with Gasteiger partial charge in [0.15, 0.2) is 0 Å². The lowest BCUT2D eigenvalue weighted by atomic mass is 9.49. The third-order valence-corrected chi connectivity index (χ3v) is 10.3. The van der Waals surface area contributed by atoms with Crippen molar-refractivity contribution in [2.75, 3.05) is 0 Å². The van der Waals surface area contributed by atoms with Gasteiger partial charge in [0.2, 0.25) is 0 Å². The Balaban J connectivity index is 0.00000112. The normalized spacial score (nSPS) is 41.1. The van der Waals surface area contributed by atoms with E-state index in [-0.39, 0.29) is 0 Å². The number of hydrogen-bond donors (Lipinski definition) is 0. The van der Waals surface area contributed by atoms with Crippen LogP contribution in [-0.4, -0.2) is 0 Å². The van der Waals surface area contributed by atoms with Crippen molar-refractivity contribution in [2.24, 2.45) is 46.8 Å². The van der Waals surface area contributed by atoms with E-state index in [1.807, 2.05) is 26.0 Å². The summed E-state index contributed by atoms with van der Waals surface area (Å²) in [5.74, 6) is 7.16. The van der Waals surface area contributed by atoms with Crippen LogP contribution in [0.4, 0.5) is 0 Å². The van der Waals surface area contributed by atoms with E-state index in [0.717, 1.165) is 47.0 Å². The van der Waals surface area contributed by atoms with Gasteiger partial charge in [-0.25, -0.2) is 0 Å². The Morgan fingerprint density at radius 1 is 0.903 bits per heavy atom. The molecule has 0 aliphatic heterocycles. The van der Waals surface area contributed by atoms with Crippen LogP contribution in [0.25, 0.3) is 0 Å². The molecule has 4 saturated carbocycles. The summed E-state index contributed by atoms with van der Waals surface area (Å²) in [5, 5.41) is 9.02. The fraction of sp³-hybridized carbons (Fsp3) is 0.767. The van der Waals surface area contributed by atoms with Gasteiger partial charge in [-0.05, 0) is 129 Å². The molecule has 170 valence electrons. The molecule has 0 spiro atoms. The fourth-order valence-electron chi connectivity index (χ4n) is 8.76. The summed E-state index contributed by atoms with van der Waals surface area (Å²) in [6.45, 7) is 9.18. The Morgan fingerprint density at radius 3 is 2.39 bits per heavy atom. The highest BCUT2D eigenvalue weighted by Gasteiger charge is 2.56. The van der Waals surface area contributed by atoms with Crippen LogP contribution in [0.5, 0.6) is 0 Å². The molecule has 0 amide bonds. The van der Waals surface area contributed by atoms with Gasteiger partial charge in [0.25, 0.3) is 0 Å². The molecule has 4 aliphatic carbocycles. The smallest absolute Gasteiger partial charge is 0.0991 e. The lowest BCUT2D eigenvalue weighted by Gasteiger charge is -2.56. The van der Waals surface area contributed by atoms with Crippen molar-refractivity contribution in [1.82, 2.24) is 0 Å². The standard InChI is InChI=1S/C28H39N.C2H6/c1-19-3-12-24-22(17-19)9-13-26-25(24)15-16-28(2)23(11-14-27(26)28)10-8-20-4-6-21(18-29)7-5-20;1-2/h4-7,19,22-27H,3,8-17H2,1-2H3;1-2H3/t19-,22+,23?,24-,25?,26+,27?,28+;/m0./s1. The molecule has 1 heteroatoms. The van der Waals surface area contributed by atoms with Crippen molar-refractivity contribution in [3.05, 3.63) is 35.4 Å². The van der Waals surface area contributed by atoms with Crippen LogP contribution in [0.3, 0.4) is 0 Å². The highest BCUT2D eigenvalue weighted by molar-refractivity contribution is 5.31. The van der Waals surface area contributed by atoms with E-state index < -0.39 is 0 Å². The van der Waals surface area contributed by atoms with E-state index in [1.54, 1.807) is 19.3 Å². The minimum absolute atomic E-state index is 0.600. The average Bonchev–Trinajstić information content (AvgIpc) is 3.15. The number of nitrogens with zero attached hydrogens (tertiary/aromatic N) is 1. The van der Waals surface area contributed by atoms with E-state index in [9.17, 15) is 0 Å². The molecule has 0 saturated heterocycles. The van der Waals surface area contributed by atoms with Crippen molar-refractivity contribution in [2.45, 2.75) is 98.3 Å². The number of rotatable bonds is 3. The summed E-state index contributed by atoms with van der Waals surface area (Å²) >= 11 is 0. The van der Waals surface area contributed by atoms with Gasteiger partial charge < -0.3 is 0 Å². The minimum atomic E-state index is 0.600. The van der Waals surface area contributed by atoms with Crippen LogP contribution in [0.2, 0.25) is 0 Å². The Morgan fingerprint density at radius 2 is 1.65 bits per heavy atom. The summed E-state index contributed by atoms with van der Waals surface area (Å²) < 4.78 is 0. The van der Waals surface area contributed by atoms with Crippen molar-refractivity contribution < 1.29 is 0 Å². The third-order valence-electron chi connectivity index (χ3n) is 10.3. The monoisotopic (exact) mass is 419 g/mol. The zero-order chi connectivity index (χ0) is 22.0. The molecule has 8 atom stereocenters. The maximum Gasteiger partial charge on any atom is 0.0991 e. The summed E-state index contributed by atoms with van der Waals surface area (Å²) in [6, 6.07) is 10.6. The quantitative estimate of drug-likeness (QED) is 0.482. The van der Waals surface area contributed by atoms with Crippen LogP contribution in [-0.2, 0) is 6.42 Å². The maximum atomic E-state index is 9.02. The largest absolute Gasteiger partial charge is 0.192 e. The van der Waals surface area contributed by atoms with E-state index in [4.69, 9.17) is 5.26 Å². The highest BCUT2D eigenvalue weighted by Crippen LogP contribution is 2.65. The van der Waals surface area contributed by atoms with Crippen molar-refractivity contribution in [3.63, 3.8) is 0 Å². The van der Waals surface area contributed by atoms with Crippen molar-refractivity contribution in [1.29, 1.82) is 5.26 Å². The van der Waals surface area contributed by atoms with E-state index >= 15 is 0 Å². The second-order valence-corrected chi connectivity index (χ2v) is 11.5. The average molecular weight is 420 g/mol. The van der Waals surface area contributed by atoms with E-state index in [2.05, 4.69) is 32.0 Å². The zero-order valence-corrected chi connectivity index (χ0v) is 20.6. The van der Waals surface area contributed by atoms with Gasteiger partial charge in [-0.1, -0.05) is 46.2 Å². The molecule has 3 unspecified atom stereocenters. The van der Waals surface area contributed by atoms with Crippen LogP contribution >= 0.6 is 0 Å². The fourth-order valence-corrected chi connectivity index (χ4v) is 8.76. The zero-order valence-electron chi connectivity index (χ0n) is 20.6. The van der Waals surface area contributed by atoms with Gasteiger partial charge >= 0.3 is 0 Å². The first kappa shape index (κ1) is 22.9. The summed E-state index contributed by atoms with van der Waals surface area (Å²) in [6.07, 6.45) is 16.2. The second-order valence-electron chi connectivity index (χ2n) is 11.5. The summed E-state index contributed by atoms with van der Waals surface area (Å²) in [4.78, 5) is 0. The molecule has 0 bridgehead atoms. The first-order valence-corrected chi connectivity index (χ1v) is 13.6. The molecule has 0 radical (unpaired) electrons. The summed E-state index contributed by atoms with van der Waals surface area (Å²) in [7, 11) is 0. The lowest BCUT2D eigenvalue weighted by Crippen LogP contribution is -2.48. The number of aryl methyl sites for hydroxylation is 1. The predicted molar refractivity (Wildman–Crippen MR) is 131 cm³/mol. The van der Waals surface area contributed by atoms with Gasteiger partial charge in [0.1, 0.15) is 0 Å². The van der Waals surface area contributed by atoms with Crippen LogP contribution in [0, 0.1) is 58.2 Å². The Bertz CT molecular complexity index is 758. The Labute approximate surface area is 192 Å². The minimum Gasteiger partial charge on any atom is -0.192 e. The van der Waals surface area contributed by atoms with Crippen molar-refractivity contribution in [3.8, 4) is 6.07 Å². The molecule has 0 N–H and O–H groups in total. The SMILES string of the molecule is CC.C[C@H]1CC[C@@H]2C3CC[C@]4(C)C(CCc5ccc(C#N)cc5)CCC4[C@@H]3CC[C@@H]2C1. The van der Waals surface area contributed by atoms with Gasteiger partial charge in [-0.3, -0.25) is 0 Å².